The van der Waals surface area contributed by atoms with Gasteiger partial charge < -0.3 is 10.2 Å². The number of unbranched alkanes of at least 4 members (excludes halogenated alkanes) is 2. The Morgan fingerprint density at radius 2 is 1.62 bits per heavy atom. The van der Waals surface area contributed by atoms with E-state index < -0.39 is 22.8 Å². The number of hydrogen-bond donors (Lipinski definition) is 2. The van der Waals surface area contributed by atoms with Crippen molar-refractivity contribution in [1.82, 2.24) is 0 Å². The summed E-state index contributed by atoms with van der Waals surface area (Å²) in [5, 5.41) is 20.1. The van der Waals surface area contributed by atoms with Gasteiger partial charge in [-0.2, -0.15) is 0 Å². The molecule has 0 bridgehead atoms. The van der Waals surface area contributed by atoms with Gasteiger partial charge in [0.1, 0.15) is 0 Å². The second-order valence-electron chi connectivity index (χ2n) is 7.85. The van der Waals surface area contributed by atoms with E-state index in [2.05, 4.69) is 13.8 Å². The van der Waals surface area contributed by atoms with Crippen LogP contribution in [0.15, 0.2) is 12.2 Å². The zero-order valence-corrected chi connectivity index (χ0v) is 15.7. The molecule has 0 amide bonds. The summed E-state index contributed by atoms with van der Waals surface area (Å²) in [6.45, 7) is 8.21. The summed E-state index contributed by atoms with van der Waals surface area (Å²) in [6.07, 6.45) is 9.43. The number of rotatable bonds is 10. The van der Waals surface area contributed by atoms with E-state index in [9.17, 15) is 19.8 Å². The molecule has 3 atom stereocenters. The monoisotopic (exact) mass is 338 g/mol. The molecule has 0 aliphatic heterocycles. The van der Waals surface area contributed by atoms with Crippen molar-refractivity contribution in [3.8, 4) is 0 Å². The maximum absolute atomic E-state index is 12.3. The number of aliphatic carboxylic acids is 2. The number of carboxylic acids is 2. The molecule has 1 aliphatic carbocycles. The third-order valence-electron chi connectivity index (χ3n) is 6.06. The highest BCUT2D eigenvalue weighted by Crippen LogP contribution is 2.57. The molecule has 0 saturated heterocycles. The molecule has 1 aliphatic rings. The van der Waals surface area contributed by atoms with Crippen molar-refractivity contribution >= 4 is 11.9 Å². The van der Waals surface area contributed by atoms with E-state index in [1.165, 1.54) is 0 Å². The molecule has 4 nitrogen and oxygen atoms in total. The molecule has 0 heterocycles. The summed E-state index contributed by atoms with van der Waals surface area (Å²) >= 11 is 0. The standard InChI is InChI=1S/C20H34O4/c1-5-16(4)20(18(23)24)14-10-9-13-19(20,17(21)22)12-8-6-7-11-15(2)3/h9-10,15-16H,5-8,11-14H2,1-4H3,(H,21,22)(H,23,24). The first kappa shape index (κ1) is 20.7. The Labute approximate surface area is 146 Å². The van der Waals surface area contributed by atoms with Gasteiger partial charge in [0.2, 0.25) is 0 Å². The highest BCUT2D eigenvalue weighted by atomic mass is 16.4. The second-order valence-corrected chi connectivity index (χ2v) is 7.85. The molecule has 2 N–H and O–H groups in total. The molecule has 4 heteroatoms. The number of hydrogen-bond acceptors (Lipinski definition) is 2. The number of allylic oxidation sites excluding steroid dienone is 2. The molecule has 3 unspecified atom stereocenters. The van der Waals surface area contributed by atoms with Crippen LogP contribution >= 0.6 is 0 Å². The maximum atomic E-state index is 12.3. The van der Waals surface area contributed by atoms with E-state index in [1.54, 1.807) is 0 Å². The summed E-state index contributed by atoms with van der Waals surface area (Å²) in [6, 6.07) is 0. The Hall–Kier alpha value is -1.32. The molecule has 24 heavy (non-hydrogen) atoms. The first-order valence-electron chi connectivity index (χ1n) is 9.36. The first-order valence-corrected chi connectivity index (χ1v) is 9.36. The molecular formula is C20H34O4. The molecule has 1 rings (SSSR count). The van der Waals surface area contributed by atoms with Crippen molar-refractivity contribution in [2.75, 3.05) is 0 Å². The third kappa shape index (κ3) is 3.84. The van der Waals surface area contributed by atoms with Gasteiger partial charge in [0.15, 0.2) is 0 Å². The average molecular weight is 338 g/mol. The predicted molar refractivity (Wildman–Crippen MR) is 95.9 cm³/mol. The number of carbonyl (C=O) groups is 2. The SMILES string of the molecule is CCC(C)C1(C(=O)O)CC=CCC1(CCCCCC(C)C)C(=O)O. The smallest absolute Gasteiger partial charge is 0.311 e. The predicted octanol–water partition coefficient (Wildman–Crippen LogP) is 5.13. The van der Waals surface area contributed by atoms with E-state index in [-0.39, 0.29) is 5.92 Å². The van der Waals surface area contributed by atoms with Gasteiger partial charge in [0.25, 0.3) is 0 Å². The van der Waals surface area contributed by atoms with Crippen molar-refractivity contribution in [1.29, 1.82) is 0 Å². The minimum atomic E-state index is -1.21. The highest BCUT2D eigenvalue weighted by Gasteiger charge is 2.62. The third-order valence-corrected chi connectivity index (χ3v) is 6.06. The molecule has 0 radical (unpaired) electrons. The lowest BCUT2D eigenvalue weighted by Gasteiger charge is -2.50. The van der Waals surface area contributed by atoms with Crippen LogP contribution in [0.2, 0.25) is 0 Å². The zero-order valence-electron chi connectivity index (χ0n) is 15.7. The Morgan fingerprint density at radius 3 is 2.12 bits per heavy atom. The van der Waals surface area contributed by atoms with E-state index in [0.717, 1.165) is 25.7 Å². The van der Waals surface area contributed by atoms with Gasteiger partial charge in [0.05, 0.1) is 10.8 Å². The van der Waals surface area contributed by atoms with Crippen LogP contribution in [0.1, 0.15) is 79.1 Å². The van der Waals surface area contributed by atoms with Crippen molar-refractivity contribution in [2.24, 2.45) is 22.7 Å². The van der Waals surface area contributed by atoms with Gasteiger partial charge in [-0.3, -0.25) is 9.59 Å². The molecule has 0 aromatic carbocycles. The molecule has 0 spiro atoms. The van der Waals surface area contributed by atoms with E-state index in [1.807, 2.05) is 26.0 Å². The summed E-state index contributed by atoms with van der Waals surface area (Å²) in [5.74, 6) is -1.43. The van der Waals surface area contributed by atoms with Crippen LogP contribution in [-0.2, 0) is 9.59 Å². The van der Waals surface area contributed by atoms with Crippen molar-refractivity contribution in [3.63, 3.8) is 0 Å². The summed E-state index contributed by atoms with van der Waals surface area (Å²) in [5.41, 5.74) is -2.40. The Balaban J connectivity index is 3.08. The Bertz CT molecular complexity index is 468. The molecular weight excluding hydrogens is 304 g/mol. The lowest BCUT2D eigenvalue weighted by Crippen LogP contribution is -2.56. The van der Waals surface area contributed by atoms with Gasteiger partial charge in [0, 0.05) is 0 Å². The maximum Gasteiger partial charge on any atom is 0.311 e. The first-order chi connectivity index (χ1) is 11.2. The van der Waals surface area contributed by atoms with Gasteiger partial charge in [-0.05, 0) is 31.1 Å². The van der Waals surface area contributed by atoms with Crippen LogP contribution in [0.4, 0.5) is 0 Å². The quantitative estimate of drug-likeness (QED) is 0.428. The fourth-order valence-corrected chi connectivity index (χ4v) is 4.32. The minimum Gasteiger partial charge on any atom is -0.481 e. The largest absolute Gasteiger partial charge is 0.481 e. The van der Waals surface area contributed by atoms with Gasteiger partial charge >= 0.3 is 11.9 Å². The Morgan fingerprint density at radius 1 is 1.00 bits per heavy atom. The van der Waals surface area contributed by atoms with Crippen LogP contribution < -0.4 is 0 Å². The van der Waals surface area contributed by atoms with Crippen molar-refractivity contribution < 1.29 is 19.8 Å². The van der Waals surface area contributed by atoms with Crippen LogP contribution in [0.3, 0.4) is 0 Å². The molecule has 0 saturated carbocycles. The normalized spacial score (nSPS) is 28.0. The van der Waals surface area contributed by atoms with Gasteiger partial charge in [-0.1, -0.05) is 72.0 Å². The van der Waals surface area contributed by atoms with Crippen LogP contribution in [0, 0.1) is 22.7 Å². The molecule has 0 aromatic heterocycles. The van der Waals surface area contributed by atoms with Gasteiger partial charge in [-0.25, -0.2) is 0 Å². The van der Waals surface area contributed by atoms with E-state index >= 15 is 0 Å². The average Bonchev–Trinajstić information content (AvgIpc) is 2.53. The fourth-order valence-electron chi connectivity index (χ4n) is 4.32. The van der Waals surface area contributed by atoms with Crippen LogP contribution in [0.25, 0.3) is 0 Å². The minimum absolute atomic E-state index is 0.174. The highest BCUT2D eigenvalue weighted by molar-refractivity contribution is 5.87. The number of carboxylic acid groups (broad SMARTS) is 2. The summed E-state index contributed by atoms with van der Waals surface area (Å²) in [7, 11) is 0. The molecule has 0 fully saturated rings. The van der Waals surface area contributed by atoms with Crippen molar-refractivity contribution in [3.05, 3.63) is 12.2 Å². The van der Waals surface area contributed by atoms with E-state index in [4.69, 9.17) is 0 Å². The molecule has 0 aromatic rings. The summed E-state index contributed by atoms with van der Waals surface area (Å²) in [4.78, 5) is 24.6. The fraction of sp³-hybridized carbons (Fsp3) is 0.800. The van der Waals surface area contributed by atoms with Gasteiger partial charge in [-0.15, -0.1) is 0 Å². The Kier molecular flexibility index (Phi) is 7.50. The van der Waals surface area contributed by atoms with E-state index in [0.29, 0.717) is 31.6 Å². The molecule has 138 valence electrons. The topological polar surface area (TPSA) is 74.6 Å². The lowest BCUT2D eigenvalue weighted by atomic mass is 9.50. The van der Waals surface area contributed by atoms with Crippen LogP contribution in [-0.4, -0.2) is 22.2 Å². The zero-order chi connectivity index (χ0) is 18.4. The summed E-state index contributed by atoms with van der Waals surface area (Å²) < 4.78 is 0. The van der Waals surface area contributed by atoms with Crippen LogP contribution in [0.5, 0.6) is 0 Å². The van der Waals surface area contributed by atoms with Crippen molar-refractivity contribution in [2.45, 2.75) is 79.1 Å². The second kappa shape index (κ2) is 8.68. The lowest BCUT2D eigenvalue weighted by molar-refractivity contribution is -0.182.